The summed E-state index contributed by atoms with van der Waals surface area (Å²) in [6, 6.07) is 0.725. The zero-order chi connectivity index (χ0) is 16.6. The fourth-order valence-electron chi connectivity index (χ4n) is 1.92. The molecule has 9 heteroatoms. The molecule has 0 aliphatic carbocycles. The molecular weight excluding hydrogens is 316 g/mol. The average Bonchev–Trinajstić information content (AvgIpc) is 2.46. The van der Waals surface area contributed by atoms with E-state index in [2.05, 4.69) is 4.74 Å². The molecule has 0 amide bonds. The quantitative estimate of drug-likeness (QED) is 0.364. The van der Waals surface area contributed by atoms with E-state index in [1.165, 1.54) is 0 Å². The molecule has 0 N–H and O–H groups in total. The maximum Gasteiger partial charge on any atom is 0.206 e. The first-order valence-electron chi connectivity index (χ1n) is 5.80. The first-order chi connectivity index (χ1) is 10.3. The zero-order valence-corrected chi connectivity index (χ0v) is 10.9. The Kier molecular flexibility index (Phi) is 4.34. The van der Waals surface area contributed by atoms with Crippen molar-refractivity contribution in [3.63, 3.8) is 0 Å². The van der Waals surface area contributed by atoms with Crippen molar-refractivity contribution in [2.24, 2.45) is 0 Å². The number of benzene rings is 2. The first-order valence-corrected chi connectivity index (χ1v) is 5.80. The molecule has 0 fully saturated rings. The Balaban J connectivity index is 2.62. The van der Waals surface area contributed by atoms with Crippen LogP contribution in [0.25, 0.3) is 0 Å². The highest BCUT2D eigenvalue weighted by molar-refractivity contribution is 6.67. The van der Waals surface area contributed by atoms with E-state index >= 15 is 0 Å². The maximum absolute atomic E-state index is 13.9. The molecule has 0 aliphatic heterocycles. The predicted octanol–water partition coefficient (Wildman–Crippen LogP) is 2.06. The van der Waals surface area contributed by atoms with Gasteiger partial charge in [0, 0.05) is 6.07 Å². The second-order valence-corrected chi connectivity index (χ2v) is 4.31. The van der Waals surface area contributed by atoms with Crippen LogP contribution in [-0.2, 0) is 0 Å². The van der Waals surface area contributed by atoms with E-state index < -0.39 is 64.7 Å². The monoisotopic (exact) mass is 322 g/mol. The van der Waals surface area contributed by atoms with E-state index in [4.69, 9.17) is 0 Å². The van der Waals surface area contributed by atoms with Crippen LogP contribution in [0, 0.1) is 40.7 Å². The molecule has 1 nitrogen and oxygen atoms in total. The van der Waals surface area contributed by atoms with Gasteiger partial charge in [0.25, 0.3) is 0 Å². The van der Waals surface area contributed by atoms with Crippen molar-refractivity contribution in [3.05, 3.63) is 52.9 Å². The number of hydrogen-bond acceptors (Lipinski definition) is 1. The number of methoxy groups -OCH3 is 1. The molecule has 0 atom stereocenters. The molecule has 0 saturated carbocycles. The summed E-state index contributed by atoms with van der Waals surface area (Å²) in [5, 5.41) is 0. The van der Waals surface area contributed by atoms with Crippen molar-refractivity contribution < 1.29 is 35.5 Å². The fraction of sp³-hybridized carbons (Fsp3) is 0.0769. The molecule has 0 aliphatic rings. The minimum absolute atomic E-state index is 0.234. The van der Waals surface area contributed by atoms with Crippen LogP contribution in [0.15, 0.2) is 12.1 Å². The van der Waals surface area contributed by atoms with Crippen LogP contribution in [0.2, 0.25) is 0 Å². The van der Waals surface area contributed by atoms with Crippen molar-refractivity contribution in [2.75, 3.05) is 7.11 Å². The Morgan fingerprint density at radius 1 is 0.773 bits per heavy atom. The topological polar surface area (TPSA) is 9.23 Å². The summed E-state index contributed by atoms with van der Waals surface area (Å²) in [7, 11) is -0.225. The van der Waals surface area contributed by atoms with Gasteiger partial charge in [0.15, 0.2) is 34.8 Å². The molecule has 0 spiro atoms. The Morgan fingerprint density at radius 2 is 1.41 bits per heavy atom. The van der Waals surface area contributed by atoms with Gasteiger partial charge < -0.3 is 4.74 Å². The van der Waals surface area contributed by atoms with E-state index in [-0.39, 0.29) is 6.07 Å². The molecular formula is C13H6BF7O. The summed E-state index contributed by atoms with van der Waals surface area (Å²) in [6.07, 6.45) is 0. The second-order valence-electron chi connectivity index (χ2n) is 4.31. The minimum Gasteiger partial charge on any atom is -0.491 e. The van der Waals surface area contributed by atoms with Gasteiger partial charge >= 0.3 is 0 Å². The van der Waals surface area contributed by atoms with Gasteiger partial charge in [0.2, 0.25) is 13.1 Å². The second kappa shape index (κ2) is 5.90. The zero-order valence-electron chi connectivity index (χ0n) is 10.9. The normalized spacial score (nSPS) is 10.7. The van der Waals surface area contributed by atoms with Crippen LogP contribution < -0.4 is 15.7 Å². The van der Waals surface area contributed by atoms with Gasteiger partial charge in [-0.25, -0.2) is 26.3 Å². The van der Waals surface area contributed by atoms with Crippen LogP contribution in [0.1, 0.15) is 0 Å². The van der Waals surface area contributed by atoms with E-state index in [0.29, 0.717) is 6.07 Å². The van der Waals surface area contributed by atoms with Crippen LogP contribution >= 0.6 is 0 Å². The molecule has 2 rings (SSSR count). The van der Waals surface area contributed by atoms with Gasteiger partial charge in [-0.2, -0.15) is 4.39 Å². The van der Waals surface area contributed by atoms with Crippen LogP contribution in [0.3, 0.4) is 0 Å². The van der Waals surface area contributed by atoms with Crippen molar-refractivity contribution >= 4 is 18.2 Å². The van der Waals surface area contributed by atoms with Gasteiger partial charge in [0.05, 0.1) is 7.11 Å². The van der Waals surface area contributed by atoms with Crippen LogP contribution in [0.4, 0.5) is 30.7 Å². The summed E-state index contributed by atoms with van der Waals surface area (Å²) in [5.41, 5.74) is -1.87. The third kappa shape index (κ3) is 2.62. The summed E-state index contributed by atoms with van der Waals surface area (Å²) in [5.74, 6) is -13.0. The number of halogens is 7. The van der Waals surface area contributed by atoms with E-state index in [9.17, 15) is 30.7 Å². The van der Waals surface area contributed by atoms with Crippen molar-refractivity contribution in [2.45, 2.75) is 0 Å². The minimum atomic E-state index is -2.04. The average molecular weight is 322 g/mol. The van der Waals surface area contributed by atoms with Crippen molar-refractivity contribution in [1.29, 1.82) is 0 Å². The van der Waals surface area contributed by atoms with Gasteiger partial charge in [-0.1, -0.05) is 0 Å². The molecule has 0 saturated heterocycles. The van der Waals surface area contributed by atoms with E-state index in [0.717, 1.165) is 7.11 Å². The lowest BCUT2D eigenvalue weighted by atomic mass is 9.63. The highest BCUT2D eigenvalue weighted by Gasteiger charge is 2.27. The Labute approximate surface area is 120 Å². The number of ether oxygens (including phenoxy) is 1. The third-order valence-corrected chi connectivity index (χ3v) is 2.95. The molecule has 0 unspecified atom stereocenters. The highest BCUT2D eigenvalue weighted by Crippen LogP contribution is 2.24. The molecule has 0 aromatic heterocycles. The third-order valence-electron chi connectivity index (χ3n) is 2.95. The first kappa shape index (κ1) is 16.2. The van der Waals surface area contributed by atoms with Gasteiger partial charge in [-0.05, 0) is 17.0 Å². The predicted molar refractivity (Wildman–Crippen MR) is 65.6 cm³/mol. The lowest BCUT2D eigenvalue weighted by Gasteiger charge is -2.11. The standard InChI is InChI=1S/C13H6BF7O/c1-22-13-10(19)7(9(18)11(20)12(13)21)14-5-2-4(15)3-6(16)8(5)17/h2-3,14H,1H3. The molecule has 0 radical (unpaired) electrons. The smallest absolute Gasteiger partial charge is 0.206 e. The molecule has 0 heterocycles. The molecule has 2 aromatic rings. The Bertz CT molecular complexity index is 748. The highest BCUT2D eigenvalue weighted by atomic mass is 19.2. The molecule has 116 valence electrons. The SMILES string of the molecule is COc1c(F)c(F)c(F)c(Bc2cc(F)cc(F)c2F)c1F. The van der Waals surface area contributed by atoms with Crippen LogP contribution in [0.5, 0.6) is 5.75 Å². The van der Waals surface area contributed by atoms with E-state index in [1.54, 1.807) is 0 Å². The fourth-order valence-corrected chi connectivity index (χ4v) is 1.92. The van der Waals surface area contributed by atoms with Crippen LogP contribution in [-0.4, -0.2) is 14.4 Å². The van der Waals surface area contributed by atoms with Gasteiger partial charge in [-0.3, -0.25) is 0 Å². The molecule has 22 heavy (non-hydrogen) atoms. The van der Waals surface area contributed by atoms with Crippen molar-refractivity contribution in [1.82, 2.24) is 0 Å². The largest absolute Gasteiger partial charge is 0.491 e. The molecule has 2 aromatic carbocycles. The van der Waals surface area contributed by atoms with Gasteiger partial charge in [0.1, 0.15) is 5.82 Å². The number of rotatable bonds is 3. The maximum atomic E-state index is 13.9. The summed E-state index contributed by atoms with van der Waals surface area (Å²) >= 11 is 0. The number of hydrogen-bond donors (Lipinski definition) is 0. The summed E-state index contributed by atoms with van der Waals surface area (Å²) in [6.45, 7) is 0. The Hall–Kier alpha value is -2.19. The molecule has 0 bridgehead atoms. The Morgan fingerprint density at radius 3 is 2.00 bits per heavy atom. The lowest BCUT2D eigenvalue weighted by molar-refractivity contribution is 0.338. The van der Waals surface area contributed by atoms with Crippen molar-refractivity contribution in [3.8, 4) is 5.75 Å². The lowest BCUT2D eigenvalue weighted by Crippen LogP contribution is -2.36. The summed E-state index contributed by atoms with van der Waals surface area (Å²) in [4.78, 5) is 0. The van der Waals surface area contributed by atoms with E-state index in [1.807, 2.05) is 0 Å². The van der Waals surface area contributed by atoms with Gasteiger partial charge in [-0.15, -0.1) is 0 Å². The summed E-state index contributed by atoms with van der Waals surface area (Å²) < 4.78 is 98.1.